The Morgan fingerprint density at radius 1 is 0.943 bits per heavy atom. The predicted octanol–water partition coefficient (Wildman–Crippen LogP) is 3.82. The Morgan fingerprint density at radius 3 is 2.29 bits per heavy atom. The van der Waals surface area contributed by atoms with Crippen molar-refractivity contribution in [3.05, 3.63) is 100 Å². The number of esters is 1. The third-order valence-corrected chi connectivity index (χ3v) is 6.40. The molecule has 182 valence electrons. The van der Waals surface area contributed by atoms with Gasteiger partial charge in [0.2, 0.25) is 0 Å². The quantitative estimate of drug-likeness (QED) is 0.260. The van der Waals surface area contributed by atoms with Crippen LogP contribution in [0.2, 0.25) is 0 Å². The molecule has 2 unspecified atom stereocenters. The van der Waals surface area contributed by atoms with Gasteiger partial charge in [-0.05, 0) is 37.6 Å². The third kappa shape index (κ3) is 6.42. The number of amides is 1. The Labute approximate surface area is 202 Å². The fourth-order valence-electron chi connectivity index (χ4n) is 3.15. The number of nitrogens with one attached hydrogen (secondary N) is 2. The molecule has 35 heavy (non-hydrogen) atoms. The van der Waals surface area contributed by atoms with Crippen molar-refractivity contribution in [3.63, 3.8) is 0 Å². The van der Waals surface area contributed by atoms with Crippen molar-refractivity contribution in [1.29, 1.82) is 0 Å². The van der Waals surface area contributed by atoms with E-state index < -0.39 is 38.6 Å². The second-order valence-corrected chi connectivity index (χ2v) is 9.28. The first kappa shape index (κ1) is 25.4. The number of hydrogen-bond acceptors (Lipinski definition) is 7. The number of sulfonamides is 1. The first-order valence-electron chi connectivity index (χ1n) is 10.5. The maximum Gasteiger partial charge on any atom is 0.341 e. The number of nitro benzene ring substituents is 1. The Balaban J connectivity index is 1.73. The second-order valence-electron chi connectivity index (χ2n) is 7.59. The van der Waals surface area contributed by atoms with E-state index in [9.17, 15) is 28.1 Å². The fraction of sp³-hybridized carbons (Fsp3) is 0.167. The van der Waals surface area contributed by atoms with Crippen molar-refractivity contribution >= 4 is 33.3 Å². The molecule has 0 fully saturated rings. The average Bonchev–Trinajstić information content (AvgIpc) is 2.84. The molecule has 3 aromatic carbocycles. The zero-order valence-corrected chi connectivity index (χ0v) is 19.7. The van der Waals surface area contributed by atoms with E-state index in [1.807, 2.05) is 30.3 Å². The van der Waals surface area contributed by atoms with Crippen molar-refractivity contribution in [1.82, 2.24) is 5.32 Å². The van der Waals surface area contributed by atoms with Crippen LogP contribution in [0.5, 0.6) is 0 Å². The molecule has 0 saturated carbocycles. The van der Waals surface area contributed by atoms with Crippen LogP contribution in [-0.4, -0.2) is 31.3 Å². The zero-order valence-electron chi connectivity index (χ0n) is 18.9. The molecule has 11 heteroatoms. The van der Waals surface area contributed by atoms with E-state index in [1.165, 1.54) is 43.3 Å². The molecule has 0 saturated heterocycles. The van der Waals surface area contributed by atoms with Gasteiger partial charge < -0.3 is 10.1 Å². The van der Waals surface area contributed by atoms with Gasteiger partial charge >= 0.3 is 5.97 Å². The smallest absolute Gasteiger partial charge is 0.341 e. The molecule has 3 aromatic rings. The molecule has 0 aliphatic heterocycles. The van der Waals surface area contributed by atoms with Crippen LogP contribution in [0.4, 0.5) is 11.4 Å². The molecule has 3 rings (SSSR count). The molecule has 0 aliphatic carbocycles. The number of hydrogen-bond donors (Lipinski definition) is 2. The maximum atomic E-state index is 12.8. The topological polar surface area (TPSA) is 145 Å². The molecule has 10 nitrogen and oxygen atoms in total. The maximum absolute atomic E-state index is 12.8. The third-order valence-electron chi connectivity index (χ3n) is 5.04. The molecular formula is C24H23N3O7S. The van der Waals surface area contributed by atoms with Gasteiger partial charge in [0.1, 0.15) is 0 Å². The number of nitrogens with zero attached hydrogens (tertiary/aromatic N) is 1. The monoisotopic (exact) mass is 497 g/mol. The number of ether oxygens (including phenoxy) is 1. The van der Waals surface area contributed by atoms with Crippen LogP contribution in [0.1, 0.15) is 35.8 Å². The lowest BCUT2D eigenvalue weighted by Gasteiger charge is -2.19. The van der Waals surface area contributed by atoms with E-state index in [1.54, 1.807) is 6.92 Å². The molecule has 0 spiro atoms. The lowest BCUT2D eigenvalue weighted by atomic mass is 10.1. The normalized spacial score (nSPS) is 12.7. The Kier molecular flexibility index (Phi) is 7.82. The Bertz CT molecular complexity index is 1340. The Hall–Kier alpha value is -4.25. The van der Waals surface area contributed by atoms with E-state index >= 15 is 0 Å². The van der Waals surface area contributed by atoms with Crippen LogP contribution < -0.4 is 10.0 Å². The highest BCUT2D eigenvalue weighted by Crippen LogP contribution is 2.23. The van der Waals surface area contributed by atoms with Gasteiger partial charge in [0.25, 0.3) is 21.6 Å². The summed E-state index contributed by atoms with van der Waals surface area (Å²) in [6.07, 6.45) is -1.16. The SMILES string of the molecule is CC(OC(=O)c1ccccc1NS(=O)(=O)c1cccc([N+](=O)[O-])c1)C(=O)NC(C)c1ccccc1. The highest BCUT2D eigenvalue weighted by atomic mass is 32.2. The first-order chi connectivity index (χ1) is 16.6. The molecule has 0 aliphatic rings. The number of carbonyl (C=O) groups is 2. The number of benzene rings is 3. The van der Waals surface area contributed by atoms with Crippen LogP contribution in [0.15, 0.2) is 83.8 Å². The Morgan fingerprint density at radius 2 is 1.60 bits per heavy atom. The number of non-ortho nitro benzene ring substituents is 1. The van der Waals surface area contributed by atoms with Crippen molar-refractivity contribution in [2.45, 2.75) is 30.9 Å². The van der Waals surface area contributed by atoms with E-state index in [4.69, 9.17) is 4.74 Å². The van der Waals surface area contributed by atoms with Gasteiger partial charge in [-0.1, -0.05) is 48.5 Å². The van der Waals surface area contributed by atoms with E-state index in [2.05, 4.69) is 10.0 Å². The van der Waals surface area contributed by atoms with Crippen molar-refractivity contribution < 1.29 is 27.7 Å². The summed E-state index contributed by atoms with van der Waals surface area (Å²) in [4.78, 5) is 35.2. The summed E-state index contributed by atoms with van der Waals surface area (Å²) in [7, 11) is -4.26. The van der Waals surface area contributed by atoms with Crippen molar-refractivity contribution in [2.75, 3.05) is 4.72 Å². The van der Waals surface area contributed by atoms with Gasteiger partial charge in [-0.15, -0.1) is 0 Å². The lowest BCUT2D eigenvalue weighted by Crippen LogP contribution is -2.37. The average molecular weight is 498 g/mol. The van der Waals surface area contributed by atoms with E-state index in [0.29, 0.717) is 0 Å². The summed E-state index contributed by atoms with van der Waals surface area (Å²) in [5.74, 6) is -1.44. The molecule has 0 heterocycles. The summed E-state index contributed by atoms with van der Waals surface area (Å²) >= 11 is 0. The molecular weight excluding hydrogens is 474 g/mol. The zero-order chi connectivity index (χ0) is 25.6. The lowest BCUT2D eigenvalue weighted by molar-refractivity contribution is -0.385. The van der Waals surface area contributed by atoms with Crippen LogP contribution in [0.25, 0.3) is 0 Å². The van der Waals surface area contributed by atoms with Crippen LogP contribution >= 0.6 is 0 Å². The van der Waals surface area contributed by atoms with Crippen LogP contribution in [0, 0.1) is 10.1 Å². The van der Waals surface area contributed by atoms with Gasteiger partial charge in [-0.3, -0.25) is 19.6 Å². The van der Waals surface area contributed by atoms with Crippen LogP contribution in [-0.2, 0) is 19.6 Å². The summed E-state index contributed by atoms with van der Waals surface area (Å²) in [6, 6.07) is 19.1. The van der Waals surface area contributed by atoms with E-state index in [-0.39, 0.29) is 22.2 Å². The standard InChI is InChI=1S/C24H23N3O7S/c1-16(18-9-4-3-5-10-18)25-23(28)17(2)34-24(29)21-13-6-7-14-22(21)26-35(32,33)20-12-8-11-19(15-20)27(30)31/h3-17,26H,1-2H3,(H,25,28). The highest BCUT2D eigenvalue weighted by molar-refractivity contribution is 7.92. The molecule has 0 radical (unpaired) electrons. The summed E-state index contributed by atoms with van der Waals surface area (Å²) < 4.78 is 33.1. The highest BCUT2D eigenvalue weighted by Gasteiger charge is 2.25. The van der Waals surface area contributed by atoms with Crippen molar-refractivity contribution in [2.24, 2.45) is 0 Å². The number of anilines is 1. The first-order valence-corrected chi connectivity index (χ1v) is 12.0. The van der Waals surface area contributed by atoms with Gasteiger partial charge in [0, 0.05) is 12.1 Å². The predicted molar refractivity (Wildman–Crippen MR) is 128 cm³/mol. The van der Waals surface area contributed by atoms with Crippen molar-refractivity contribution in [3.8, 4) is 0 Å². The fourth-order valence-corrected chi connectivity index (χ4v) is 4.27. The minimum absolute atomic E-state index is 0.103. The summed E-state index contributed by atoms with van der Waals surface area (Å²) in [5, 5.41) is 13.7. The molecule has 1 amide bonds. The summed E-state index contributed by atoms with van der Waals surface area (Å²) in [5.41, 5.74) is 0.247. The minimum atomic E-state index is -4.26. The van der Waals surface area contributed by atoms with Gasteiger partial charge in [0.15, 0.2) is 6.10 Å². The number of carbonyl (C=O) groups excluding carboxylic acids is 2. The minimum Gasteiger partial charge on any atom is -0.449 e. The molecule has 2 N–H and O–H groups in total. The molecule has 2 atom stereocenters. The van der Waals surface area contributed by atoms with Crippen LogP contribution in [0.3, 0.4) is 0 Å². The largest absolute Gasteiger partial charge is 0.449 e. The van der Waals surface area contributed by atoms with Gasteiger partial charge in [-0.25, -0.2) is 13.2 Å². The number of rotatable bonds is 9. The number of nitro groups is 1. The molecule has 0 aromatic heterocycles. The van der Waals surface area contributed by atoms with Gasteiger partial charge in [-0.2, -0.15) is 0 Å². The summed E-state index contributed by atoms with van der Waals surface area (Å²) in [6.45, 7) is 3.20. The molecule has 0 bridgehead atoms. The number of para-hydroxylation sites is 1. The van der Waals surface area contributed by atoms with E-state index in [0.717, 1.165) is 17.7 Å². The van der Waals surface area contributed by atoms with Gasteiger partial charge in [0.05, 0.1) is 27.1 Å². The second kappa shape index (κ2) is 10.8.